The van der Waals surface area contributed by atoms with E-state index >= 15 is 0 Å². The third-order valence-electron chi connectivity index (χ3n) is 11.4. The minimum Gasteiger partial charge on any atom is -0.341 e. The molecule has 1 unspecified atom stereocenters. The van der Waals surface area contributed by atoms with Gasteiger partial charge in [-0.3, -0.25) is 0 Å². The summed E-state index contributed by atoms with van der Waals surface area (Å²) in [5.74, 6) is 0.356. The summed E-state index contributed by atoms with van der Waals surface area (Å²) in [5, 5.41) is 5.56. The van der Waals surface area contributed by atoms with Crippen LogP contribution in [0.3, 0.4) is 0 Å². The van der Waals surface area contributed by atoms with E-state index in [2.05, 4.69) is 152 Å². The van der Waals surface area contributed by atoms with Gasteiger partial charge >= 0.3 is 0 Å². The number of allylic oxidation sites excluding steroid dienone is 4. The lowest BCUT2D eigenvalue weighted by molar-refractivity contribution is 0.645. The molecule has 3 aliphatic rings. The van der Waals surface area contributed by atoms with Crippen LogP contribution in [0.25, 0.3) is 47.6 Å². The largest absolute Gasteiger partial charge is 0.341 e. The smallest absolute Gasteiger partial charge is 0.0443 e. The number of fused-ring (bicyclic) bond motifs is 6. The highest BCUT2D eigenvalue weighted by Crippen LogP contribution is 2.50. The molecule has 10 rings (SSSR count). The zero-order chi connectivity index (χ0) is 32.0. The first kappa shape index (κ1) is 28.1. The van der Waals surface area contributed by atoms with Crippen LogP contribution in [0.15, 0.2) is 133 Å². The molecule has 2 heteroatoms. The van der Waals surface area contributed by atoms with Crippen LogP contribution in [0.4, 0.5) is 11.4 Å². The molecule has 0 radical (unpaired) electrons. The fourth-order valence-corrected chi connectivity index (χ4v) is 10.2. The summed E-state index contributed by atoms with van der Waals surface area (Å²) in [7, 11) is 0. The van der Waals surface area contributed by atoms with Gasteiger partial charge in [-0.2, -0.15) is 0 Å². The fourth-order valence-electron chi connectivity index (χ4n) is 8.94. The van der Waals surface area contributed by atoms with Gasteiger partial charge in [-0.25, -0.2) is 0 Å². The SMILES string of the molecule is CC1(C)c2ccccc2-c2ccc(C3C=CC(c4cccc5c4sc4ccc(N6CCCc7ccccc76)cc45)=CC3)c3cccc1c23. The monoisotopic (exact) mass is 635 g/mol. The molecule has 7 aromatic rings. The fraction of sp³-hybridized carbons (Fsp3) is 0.174. The van der Waals surface area contributed by atoms with E-state index in [1.165, 1.54) is 99.7 Å². The highest BCUT2D eigenvalue weighted by molar-refractivity contribution is 7.26. The van der Waals surface area contributed by atoms with Crippen LogP contribution in [-0.2, 0) is 11.8 Å². The second-order valence-corrected chi connectivity index (χ2v) is 15.4. The van der Waals surface area contributed by atoms with Crippen LogP contribution in [0.1, 0.15) is 60.4 Å². The molecular formula is C46H37NS. The summed E-state index contributed by atoms with van der Waals surface area (Å²) in [5.41, 5.74) is 13.8. The number of thiophene rings is 1. The van der Waals surface area contributed by atoms with Gasteiger partial charge in [0.2, 0.25) is 0 Å². The Morgan fingerprint density at radius 1 is 0.708 bits per heavy atom. The van der Waals surface area contributed by atoms with Crippen molar-refractivity contribution in [3.8, 4) is 11.1 Å². The minimum atomic E-state index is -0.0286. The quantitative estimate of drug-likeness (QED) is 0.187. The molecule has 0 fully saturated rings. The number of aryl methyl sites for hydroxylation is 1. The molecule has 1 aliphatic heterocycles. The predicted molar refractivity (Wildman–Crippen MR) is 207 cm³/mol. The number of hydrogen-bond donors (Lipinski definition) is 0. The molecule has 0 amide bonds. The first-order valence-electron chi connectivity index (χ1n) is 17.4. The maximum absolute atomic E-state index is 2.51. The second kappa shape index (κ2) is 10.5. The van der Waals surface area contributed by atoms with E-state index in [0.717, 1.165) is 13.0 Å². The van der Waals surface area contributed by atoms with Gasteiger partial charge in [0, 0.05) is 49.4 Å². The Hall–Kier alpha value is -4.92. The molecule has 1 aromatic heterocycles. The van der Waals surface area contributed by atoms with Crippen LogP contribution in [-0.4, -0.2) is 6.54 Å². The number of para-hydroxylation sites is 1. The Morgan fingerprint density at radius 3 is 2.44 bits per heavy atom. The highest BCUT2D eigenvalue weighted by Gasteiger charge is 2.34. The van der Waals surface area contributed by atoms with Crippen molar-refractivity contribution < 1.29 is 0 Å². The zero-order valence-corrected chi connectivity index (χ0v) is 28.3. The van der Waals surface area contributed by atoms with Crippen molar-refractivity contribution in [3.05, 3.63) is 161 Å². The Bertz CT molecular complexity index is 2510. The van der Waals surface area contributed by atoms with Crippen LogP contribution >= 0.6 is 11.3 Å². The van der Waals surface area contributed by atoms with Crippen LogP contribution in [0.5, 0.6) is 0 Å². The van der Waals surface area contributed by atoms with Gasteiger partial charge in [-0.1, -0.05) is 123 Å². The van der Waals surface area contributed by atoms with Crippen LogP contribution in [0.2, 0.25) is 0 Å². The van der Waals surface area contributed by atoms with Crippen molar-refractivity contribution in [2.75, 3.05) is 11.4 Å². The summed E-state index contributed by atoms with van der Waals surface area (Å²) >= 11 is 1.94. The summed E-state index contributed by atoms with van der Waals surface area (Å²) in [6.45, 7) is 5.83. The molecule has 6 aromatic carbocycles. The van der Waals surface area contributed by atoms with E-state index in [0.29, 0.717) is 5.92 Å². The van der Waals surface area contributed by atoms with Crippen LogP contribution in [0, 0.1) is 0 Å². The first-order valence-corrected chi connectivity index (χ1v) is 18.2. The Balaban J connectivity index is 1.01. The molecule has 2 aliphatic carbocycles. The molecule has 0 saturated heterocycles. The van der Waals surface area contributed by atoms with Gasteiger partial charge in [0.15, 0.2) is 0 Å². The number of rotatable bonds is 3. The number of hydrogen-bond acceptors (Lipinski definition) is 2. The van der Waals surface area contributed by atoms with E-state index in [1.54, 1.807) is 0 Å². The Morgan fingerprint density at radius 2 is 1.52 bits per heavy atom. The van der Waals surface area contributed by atoms with Crippen molar-refractivity contribution in [1.82, 2.24) is 0 Å². The lowest BCUT2D eigenvalue weighted by Gasteiger charge is -2.35. The van der Waals surface area contributed by atoms with Gasteiger partial charge < -0.3 is 4.90 Å². The standard InChI is InChI=1S/C46H37NS/c1-46(2)40-16-5-4-12-35(40)37-25-24-33(36-14-8-17-41(46)44(36)37)29-19-21-30(22-20-29)34-13-7-15-38-39-28-32(23-26-43(39)48-45(34)38)47-27-9-11-31-10-3-6-18-42(31)47/h3-8,10,12-19,21-26,28-29H,9,11,20,27H2,1-2H3. The maximum atomic E-state index is 2.51. The minimum absolute atomic E-state index is 0.0286. The molecule has 1 nitrogen and oxygen atoms in total. The Kier molecular flexibility index (Phi) is 6.18. The molecule has 0 saturated carbocycles. The van der Waals surface area contributed by atoms with E-state index < -0.39 is 0 Å². The first-order chi connectivity index (χ1) is 23.6. The van der Waals surface area contributed by atoms with Crippen molar-refractivity contribution in [2.45, 2.75) is 44.4 Å². The van der Waals surface area contributed by atoms with E-state index in [-0.39, 0.29) is 5.41 Å². The number of benzene rings is 6. The third-order valence-corrected chi connectivity index (χ3v) is 12.6. The average Bonchev–Trinajstić information content (AvgIpc) is 3.52. The molecule has 0 spiro atoms. The average molecular weight is 636 g/mol. The third kappa shape index (κ3) is 4.09. The van der Waals surface area contributed by atoms with Crippen molar-refractivity contribution in [2.24, 2.45) is 0 Å². The molecule has 0 N–H and O–H groups in total. The van der Waals surface area contributed by atoms with E-state index in [4.69, 9.17) is 0 Å². The highest BCUT2D eigenvalue weighted by atomic mass is 32.1. The molecule has 0 bridgehead atoms. The van der Waals surface area contributed by atoms with Gasteiger partial charge in [0.25, 0.3) is 0 Å². The lowest BCUT2D eigenvalue weighted by atomic mass is 9.68. The summed E-state index contributed by atoms with van der Waals surface area (Å²) < 4.78 is 2.75. The predicted octanol–water partition coefficient (Wildman–Crippen LogP) is 12.7. The summed E-state index contributed by atoms with van der Waals surface area (Å²) in [6.07, 6.45) is 10.7. The second-order valence-electron chi connectivity index (χ2n) is 14.3. The van der Waals surface area contributed by atoms with Gasteiger partial charge in [-0.05, 0) is 98.8 Å². The van der Waals surface area contributed by atoms with Crippen LogP contribution < -0.4 is 4.90 Å². The number of anilines is 2. The van der Waals surface area contributed by atoms with Gasteiger partial charge in [-0.15, -0.1) is 11.3 Å². The van der Waals surface area contributed by atoms with Crippen molar-refractivity contribution in [3.63, 3.8) is 0 Å². The Labute approximate surface area is 286 Å². The molecule has 232 valence electrons. The topological polar surface area (TPSA) is 3.24 Å². The summed E-state index contributed by atoms with van der Waals surface area (Å²) in [4.78, 5) is 2.51. The van der Waals surface area contributed by atoms with Gasteiger partial charge in [0.1, 0.15) is 0 Å². The van der Waals surface area contributed by atoms with E-state index in [1.807, 2.05) is 11.3 Å². The van der Waals surface area contributed by atoms with Gasteiger partial charge in [0.05, 0.1) is 0 Å². The zero-order valence-electron chi connectivity index (χ0n) is 27.5. The molecular weight excluding hydrogens is 599 g/mol. The van der Waals surface area contributed by atoms with Crippen molar-refractivity contribution >= 4 is 59.2 Å². The summed E-state index contributed by atoms with van der Waals surface area (Å²) in [6, 6.07) is 43.6. The number of nitrogens with zero attached hydrogens (tertiary/aromatic N) is 1. The molecule has 1 atom stereocenters. The lowest BCUT2D eigenvalue weighted by Crippen LogP contribution is -2.24. The molecule has 2 heterocycles. The molecule has 48 heavy (non-hydrogen) atoms. The van der Waals surface area contributed by atoms with Crippen molar-refractivity contribution in [1.29, 1.82) is 0 Å². The normalized spacial score (nSPS) is 17.8. The van der Waals surface area contributed by atoms with E-state index in [9.17, 15) is 0 Å². The maximum Gasteiger partial charge on any atom is 0.0443 e.